The van der Waals surface area contributed by atoms with Gasteiger partial charge in [-0.1, -0.05) is 18.3 Å². The van der Waals surface area contributed by atoms with Crippen LogP contribution in [-0.4, -0.2) is 10.9 Å². The molecule has 2 rings (SSSR count). The first kappa shape index (κ1) is 11.6. The number of nitrogens with one attached hydrogen (secondary N) is 1. The Morgan fingerprint density at radius 3 is 2.76 bits per heavy atom. The van der Waals surface area contributed by atoms with Crippen LogP contribution < -0.4 is 10.1 Å². The molecule has 1 N–H and O–H groups in total. The molecule has 0 unspecified atom stereocenters. The highest BCUT2D eigenvalue weighted by atomic mass is 32.1. The molecule has 0 atom stereocenters. The Kier molecular flexibility index (Phi) is 3.72. The first-order valence-corrected chi connectivity index (χ1v) is 6.13. The molecule has 1 heterocycles. The van der Waals surface area contributed by atoms with E-state index in [-0.39, 0.29) is 5.91 Å². The Morgan fingerprint density at radius 2 is 2.18 bits per heavy atom. The van der Waals surface area contributed by atoms with Gasteiger partial charge in [-0.3, -0.25) is 4.79 Å². The van der Waals surface area contributed by atoms with Gasteiger partial charge in [0.15, 0.2) is 0 Å². The second kappa shape index (κ2) is 5.45. The third-order valence-corrected chi connectivity index (χ3v) is 2.72. The van der Waals surface area contributed by atoms with E-state index in [0.717, 1.165) is 5.69 Å². The summed E-state index contributed by atoms with van der Waals surface area (Å²) in [7, 11) is 0. The van der Waals surface area contributed by atoms with E-state index >= 15 is 0 Å². The smallest absolute Gasteiger partial charge is 0.278 e. The number of hydrogen-bond donors (Lipinski definition) is 1. The summed E-state index contributed by atoms with van der Waals surface area (Å²) in [5.41, 5.74) is 0.767. The summed E-state index contributed by atoms with van der Waals surface area (Å²) in [6.45, 7) is 1.81. The van der Waals surface area contributed by atoms with Crippen LogP contribution >= 0.6 is 11.3 Å². The van der Waals surface area contributed by atoms with Crippen LogP contribution in [0.5, 0.6) is 10.9 Å². The van der Waals surface area contributed by atoms with E-state index in [1.165, 1.54) is 11.3 Å². The van der Waals surface area contributed by atoms with Crippen molar-refractivity contribution in [2.75, 3.05) is 5.32 Å². The standard InChI is InChI=1S/C12H12N2O2S/c1-2-11(15)14-9-3-5-10(6-4-9)16-12-13-7-8-17-12/h3-8H,2H2,1H3,(H,14,15). The van der Waals surface area contributed by atoms with Crippen molar-refractivity contribution in [3.8, 4) is 10.9 Å². The van der Waals surface area contributed by atoms with Crippen molar-refractivity contribution in [1.82, 2.24) is 4.98 Å². The molecule has 0 aliphatic heterocycles. The Balaban J connectivity index is 2.00. The van der Waals surface area contributed by atoms with Gasteiger partial charge in [-0.25, -0.2) is 4.98 Å². The maximum atomic E-state index is 11.2. The number of anilines is 1. The molecule has 0 bridgehead atoms. The summed E-state index contributed by atoms with van der Waals surface area (Å²) in [5.74, 6) is 0.702. The molecule has 17 heavy (non-hydrogen) atoms. The zero-order chi connectivity index (χ0) is 12.1. The fourth-order valence-electron chi connectivity index (χ4n) is 1.22. The highest BCUT2D eigenvalue weighted by Gasteiger charge is 2.01. The van der Waals surface area contributed by atoms with Crippen molar-refractivity contribution in [2.24, 2.45) is 0 Å². The number of thiazole rings is 1. The number of hydrogen-bond acceptors (Lipinski definition) is 4. The lowest BCUT2D eigenvalue weighted by Gasteiger charge is -2.05. The Labute approximate surface area is 103 Å². The largest absolute Gasteiger partial charge is 0.431 e. The third kappa shape index (κ3) is 3.29. The lowest BCUT2D eigenvalue weighted by atomic mass is 10.3. The molecule has 1 amide bonds. The molecule has 0 aliphatic carbocycles. The number of aromatic nitrogens is 1. The van der Waals surface area contributed by atoms with Gasteiger partial charge in [0.25, 0.3) is 5.19 Å². The summed E-state index contributed by atoms with van der Waals surface area (Å²) in [6, 6.07) is 7.20. The molecule has 5 heteroatoms. The van der Waals surface area contributed by atoms with Crippen molar-refractivity contribution in [3.63, 3.8) is 0 Å². The van der Waals surface area contributed by atoms with Crippen LogP contribution in [0.2, 0.25) is 0 Å². The topological polar surface area (TPSA) is 51.2 Å². The summed E-state index contributed by atoms with van der Waals surface area (Å²) in [6.07, 6.45) is 2.16. The van der Waals surface area contributed by atoms with Gasteiger partial charge in [0, 0.05) is 23.7 Å². The van der Waals surface area contributed by atoms with Gasteiger partial charge in [-0.05, 0) is 24.3 Å². The van der Waals surface area contributed by atoms with Crippen LogP contribution in [-0.2, 0) is 4.79 Å². The molecule has 0 spiro atoms. The highest BCUT2D eigenvalue weighted by Crippen LogP contribution is 2.24. The van der Waals surface area contributed by atoms with Crippen LogP contribution in [0.4, 0.5) is 5.69 Å². The molecule has 2 aromatic rings. The third-order valence-electron chi connectivity index (χ3n) is 2.07. The van der Waals surface area contributed by atoms with Crippen LogP contribution in [0.25, 0.3) is 0 Å². The number of benzene rings is 1. The summed E-state index contributed by atoms with van der Waals surface area (Å²) >= 11 is 1.43. The average molecular weight is 248 g/mol. The minimum atomic E-state index is -0.00130. The number of nitrogens with zero attached hydrogens (tertiary/aromatic N) is 1. The number of carbonyl (C=O) groups is 1. The average Bonchev–Trinajstić information content (AvgIpc) is 2.84. The SMILES string of the molecule is CCC(=O)Nc1ccc(Oc2nccs2)cc1. The summed E-state index contributed by atoms with van der Waals surface area (Å²) < 4.78 is 5.50. The second-order valence-corrected chi connectivity index (χ2v) is 4.18. The highest BCUT2D eigenvalue weighted by molar-refractivity contribution is 7.11. The monoisotopic (exact) mass is 248 g/mol. The van der Waals surface area contributed by atoms with Crippen molar-refractivity contribution in [3.05, 3.63) is 35.8 Å². The van der Waals surface area contributed by atoms with E-state index < -0.39 is 0 Å². The van der Waals surface area contributed by atoms with Gasteiger partial charge in [0.05, 0.1) is 0 Å². The minimum Gasteiger partial charge on any atom is -0.431 e. The molecule has 1 aromatic heterocycles. The predicted molar refractivity (Wildman–Crippen MR) is 67.6 cm³/mol. The Morgan fingerprint density at radius 1 is 1.41 bits per heavy atom. The molecule has 0 saturated carbocycles. The fourth-order valence-corrected chi connectivity index (χ4v) is 1.72. The first-order chi connectivity index (χ1) is 8.28. The quantitative estimate of drug-likeness (QED) is 0.903. The van der Waals surface area contributed by atoms with Gasteiger partial charge in [-0.2, -0.15) is 0 Å². The van der Waals surface area contributed by atoms with Crippen molar-refractivity contribution in [1.29, 1.82) is 0 Å². The number of rotatable bonds is 4. The zero-order valence-electron chi connectivity index (χ0n) is 9.34. The van der Waals surface area contributed by atoms with Crippen LogP contribution in [0.3, 0.4) is 0 Å². The van der Waals surface area contributed by atoms with Crippen molar-refractivity contribution >= 4 is 22.9 Å². The van der Waals surface area contributed by atoms with E-state index in [4.69, 9.17) is 4.74 Å². The van der Waals surface area contributed by atoms with Gasteiger partial charge < -0.3 is 10.1 Å². The second-order valence-electron chi connectivity index (χ2n) is 3.33. The van der Waals surface area contributed by atoms with Gasteiger partial charge in [0.2, 0.25) is 5.91 Å². The number of amides is 1. The maximum Gasteiger partial charge on any atom is 0.278 e. The van der Waals surface area contributed by atoms with E-state index in [9.17, 15) is 4.79 Å². The summed E-state index contributed by atoms with van der Waals surface area (Å²) in [5, 5.41) is 5.23. The van der Waals surface area contributed by atoms with Crippen LogP contribution in [0.1, 0.15) is 13.3 Å². The molecule has 0 aliphatic rings. The van der Waals surface area contributed by atoms with Crippen molar-refractivity contribution in [2.45, 2.75) is 13.3 Å². The molecular formula is C12H12N2O2S. The fraction of sp³-hybridized carbons (Fsp3) is 0.167. The van der Waals surface area contributed by atoms with E-state index in [2.05, 4.69) is 10.3 Å². The van der Waals surface area contributed by atoms with E-state index in [1.54, 1.807) is 30.5 Å². The minimum absolute atomic E-state index is 0.00130. The van der Waals surface area contributed by atoms with Crippen LogP contribution in [0, 0.1) is 0 Å². The molecule has 0 fully saturated rings. The molecule has 0 saturated heterocycles. The maximum absolute atomic E-state index is 11.2. The van der Waals surface area contributed by atoms with E-state index in [0.29, 0.717) is 17.4 Å². The zero-order valence-corrected chi connectivity index (χ0v) is 10.2. The Bertz CT molecular complexity index is 480. The van der Waals surface area contributed by atoms with Crippen LogP contribution in [0.15, 0.2) is 35.8 Å². The first-order valence-electron chi connectivity index (χ1n) is 5.25. The molecule has 4 nitrogen and oxygen atoms in total. The molecule has 1 aromatic carbocycles. The Hall–Kier alpha value is -1.88. The lowest BCUT2D eigenvalue weighted by molar-refractivity contribution is -0.115. The van der Waals surface area contributed by atoms with Gasteiger partial charge in [0.1, 0.15) is 5.75 Å². The van der Waals surface area contributed by atoms with Gasteiger partial charge >= 0.3 is 0 Å². The summed E-state index contributed by atoms with van der Waals surface area (Å²) in [4.78, 5) is 15.2. The van der Waals surface area contributed by atoms with Gasteiger partial charge in [-0.15, -0.1) is 0 Å². The van der Waals surface area contributed by atoms with E-state index in [1.807, 2.05) is 12.3 Å². The molecular weight excluding hydrogens is 236 g/mol. The normalized spacial score (nSPS) is 9.94. The molecule has 88 valence electrons. The molecule has 0 radical (unpaired) electrons. The predicted octanol–water partition coefficient (Wildman–Crippen LogP) is 3.28. The lowest BCUT2D eigenvalue weighted by Crippen LogP contribution is -2.08. The number of ether oxygens (including phenoxy) is 1. The van der Waals surface area contributed by atoms with Crippen molar-refractivity contribution < 1.29 is 9.53 Å². The number of carbonyl (C=O) groups excluding carboxylic acids is 1.